The molecule has 3 heterocycles. The van der Waals surface area contributed by atoms with Gasteiger partial charge in [-0.2, -0.15) is 19.0 Å². The Bertz CT molecular complexity index is 1140. The van der Waals surface area contributed by atoms with Crippen molar-refractivity contribution in [1.82, 2.24) is 29.4 Å². The topological polar surface area (TPSA) is 82.2 Å². The molecule has 3 aromatic heterocycles. The molecule has 0 bridgehead atoms. The number of hydrogen-bond acceptors (Lipinski definition) is 6. The largest absolute Gasteiger partial charge is 0.435 e. The first-order valence-electron chi connectivity index (χ1n) is 8.45. The predicted octanol–water partition coefficient (Wildman–Crippen LogP) is 3.14. The van der Waals surface area contributed by atoms with Gasteiger partial charge >= 0.3 is 6.61 Å². The summed E-state index contributed by atoms with van der Waals surface area (Å²) in [5.41, 5.74) is 3.77. The number of rotatable bonds is 5. The fourth-order valence-corrected chi connectivity index (χ4v) is 3.19. The zero-order valence-electron chi connectivity index (χ0n) is 15.4. The van der Waals surface area contributed by atoms with Gasteiger partial charge in [0.2, 0.25) is 0 Å². The van der Waals surface area contributed by atoms with Gasteiger partial charge in [-0.1, -0.05) is 0 Å². The average molecular weight is 385 g/mol. The molecule has 144 valence electrons. The van der Waals surface area contributed by atoms with Crippen LogP contribution in [0.5, 0.6) is 5.75 Å². The molecule has 1 aromatic carbocycles. The third-order valence-corrected chi connectivity index (χ3v) is 4.38. The molecule has 0 aliphatic heterocycles. The number of nitrogens with zero attached hydrogens (tertiary/aromatic N) is 6. The van der Waals surface area contributed by atoms with Crippen molar-refractivity contribution in [3.8, 4) is 28.3 Å². The van der Waals surface area contributed by atoms with Crippen LogP contribution in [-0.2, 0) is 7.05 Å². The molecule has 0 saturated heterocycles. The molecule has 10 heteroatoms. The van der Waals surface area contributed by atoms with Crippen LogP contribution in [0.25, 0.3) is 28.0 Å². The summed E-state index contributed by atoms with van der Waals surface area (Å²) in [4.78, 5) is 8.94. The van der Waals surface area contributed by atoms with Crippen molar-refractivity contribution in [3.05, 3.63) is 42.6 Å². The molecule has 0 amide bonds. The zero-order valence-corrected chi connectivity index (χ0v) is 15.4. The summed E-state index contributed by atoms with van der Waals surface area (Å²) >= 11 is 0. The zero-order chi connectivity index (χ0) is 19.8. The first-order chi connectivity index (χ1) is 13.5. The summed E-state index contributed by atoms with van der Waals surface area (Å²) in [5.74, 6) is 1.44. The van der Waals surface area contributed by atoms with Gasteiger partial charge in [0, 0.05) is 25.2 Å². The highest BCUT2D eigenvalue weighted by atomic mass is 19.3. The maximum absolute atomic E-state index is 12.4. The van der Waals surface area contributed by atoms with Crippen LogP contribution in [0, 0.1) is 6.92 Å². The summed E-state index contributed by atoms with van der Waals surface area (Å²) in [5, 5.41) is 11.7. The summed E-state index contributed by atoms with van der Waals surface area (Å²) in [6.45, 7) is -1.01. The lowest BCUT2D eigenvalue weighted by molar-refractivity contribution is -0.0498. The van der Waals surface area contributed by atoms with Crippen molar-refractivity contribution >= 4 is 11.3 Å². The van der Waals surface area contributed by atoms with E-state index in [1.54, 1.807) is 34.6 Å². The van der Waals surface area contributed by atoms with Crippen molar-refractivity contribution in [2.75, 3.05) is 12.4 Å². The van der Waals surface area contributed by atoms with Crippen LogP contribution in [-0.4, -0.2) is 43.0 Å². The predicted molar refractivity (Wildman–Crippen MR) is 99.3 cm³/mol. The number of nitrogens with one attached hydrogen (secondary N) is 1. The summed E-state index contributed by atoms with van der Waals surface area (Å²) in [6, 6.07) is 6.41. The number of halogens is 2. The second-order valence-corrected chi connectivity index (χ2v) is 6.06. The molecule has 4 aromatic rings. The Kier molecular flexibility index (Phi) is 4.38. The van der Waals surface area contributed by atoms with Crippen LogP contribution in [0.4, 0.5) is 14.6 Å². The smallest absolute Gasteiger partial charge is 0.387 e. The van der Waals surface area contributed by atoms with Crippen molar-refractivity contribution in [1.29, 1.82) is 0 Å². The Labute approximate surface area is 158 Å². The van der Waals surface area contributed by atoms with Gasteiger partial charge in [-0.15, -0.1) is 0 Å². The quantitative estimate of drug-likeness (QED) is 0.568. The number of benzene rings is 1. The lowest BCUT2D eigenvalue weighted by Crippen LogP contribution is -2.02. The first kappa shape index (κ1) is 17.8. The molecule has 8 nitrogen and oxygen atoms in total. The van der Waals surface area contributed by atoms with E-state index in [1.807, 2.05) is 14.0 Å². The molecular weight excluding hydrogens is 368 g/mol. The molecule has 0 radical (unpaired) electrons. The van der Waals surface area contributed by atoms with Gasteiger partial charge in [0.15, 0.2) is 5.82 Å². The van der Waals surface area contributed by atoms with Crippen molar-refractivity contribution in [3.63, 3.8) is 0 Å². The number of hydrogen-bond donors (Lipinski definition) is 1. The average Bonchev–Trinajstić information content (AvgIpc) is 3.22. The van der Waals surface area contributed by atoms with E-state index in [-0.39, 0.29) is 5.75 Å². The molecule has 0 fully saturated rings. The maximum Gasteiger partial charge on any atom is 0.387 e. The molecule has 0 atom stereocenters. The van der Waals surface area contributed by atoms with Crippen LogP contribution >= 0.6 is 0 Å². The monoisotopic (exact) mass is 385 g/mol. The van der Waals surface area contributed by atoms with Crippen LogP contribution in [0.3, 0.4) is 0 Å². The molecule has 0 saturated carbocycles. The second-order valence-electron chi connectivity index (χ2n) is 6.06. The van der Waals surface area contributed by atoms with Gasteiger partial charge in [0.1, 0.15) is 29.1 Å². The Morgan fingerprint density at radius 2 is 1.89 bits per heavy atom. The van der Waals surface area contributed by atoms with Crippen molar-refractivity contribution in [2.24, 2.45) is 7.05 Å². The number of anilines is 1. The van der Waals surface area contributed by atoms with E-state index < -0.39 is 6.61 Å². The van der Waals surface area contributed by atoms with E-state index in [9.17, 15) is 8.78 Å². The number of alkyl halides is 2. The highest BCUT2D eigenvalue weighted by Gasteiger charge is 2.21. The summed E-state index contributed by atoms with van der Waals surface area (Å²) < 4.78 is 32.7. The summed E-state index contributed by atoms with van der Waals surface area (Å²) in [6.07, 6.45) is 3.18. The highest BCUT2D eigenvalue weighted by molar-refractivity contribution is 5.91. The molecule has 0 unspecified atom stereocenters. The fraction of sp³-hybridized carbons (Fsp3) is 0.222. The number of fused-ring (bicyclic) bond motifs is 1. The second kappa shape index (κ2) is 6.87. The van der Waals surface area contributed by atoms with Crippen LogP contribution in [0.2, 0.25) is 0 Å². The highest BCUT2D eigenvalue weighted by Crippen LogP contribution is 2.36. The lowest BCUT2D eigenvalue weighted by Gasteiger charge is -2.09. The van der Waals surface area contributed by atoms with Gasteiger partial charge in [0.05, 0.1) is 11.9 Å². The number of ether oxygens (including phenoxy) is 1. The third kappa shape index (κ3) is 2.92. The van der Waals surface area contributed by atoms with Crippen molar-refractivity contribution < 1.29 is 13.5 Å². The lowest BCUT2D eigenvalue weighted by atomic mass is 10.0. The minimum atomic E-state index is -2.86. The Hall–Kier alpha value is -3.56. The minimum absolute atomic E-state index is 0.0941. The first-order valence-corrected chi connectivity index (χ1v) is 8.45. The summed E-state index contributed by atoms with van der Waals surface area (Å²) in [7, 11) is 3.59. The van der Waals surface area contributed by atoms with E-state index >= 15 is 0 Å². The maximum atomic E-state index is 12.4. The van der Waals surface area contributed by atoms with E-state index in [0.717, 1.165) is 22.3 Å². The van der Waals surface area contributed by atoms with Gasteiger partial charge in [-0.05, 0) is 31.2 Å². The van der Waals surface area contributed by atoms with Gasteiger partial charge in [-0.25, -0.2) is 14.5 Å². The van der Waals surface area contributed by atoms with Gasteiger partial charge < -0.3 is 10.1 Å². The molecule has 0 aliphatic carbocycles. The number of imidazole rings is 1. The Balaban J connectivity index is 1.87. The van der Waals surface area contributed by atoms with E-state index in [4.69, 9.17) is 0 Å². The standard InChI is InChI=1S/C18H17F2N7O/c1-10-25-14(16-17(21-2)22-9-24-27(10)16)13-8-23-26(3)15(13)11-4-6-12(7-5-11)28-18(19)20/h4-9,18H,1-3H3,(H,21,22,24). The Morgan fingerprint density at radius 1 is 1.14 bits per heavy atom. The van der Waals surface area contributed by atoms with Gasteiger partial charge in [0.25, 0.3) is 0 Å². The molecular formula is C18H17F2N7O. The molecule has 4 rings (SSSR count). The molecule has 28 heavy (non-hydrogen) atoms. The van der Waals surface area contributed by atoms with Gasteiger partial charge in [-0.3, -0.25) is 4.68 Å². The number of aryl methyl sites for hydroxylation is 2. The molecule has 0 spiro atoms. The van der Waals surface area contributed by atoms with E-state index in [1.165, 1.54) is 18.5 Å². The fourth-order valence-electron chi connectivity index (χ4n) is 3.19. The van der Waals surface area contributed by atoms with Crippen LogP contribution in [0.15, 0.2) is 36.8 Å². The SMILES string of the molecule is CNc1ncnn2c(C)nc(-c3cnn(C)c3-c3ccc(OC(F)F)cc3)c12. The Morgan fingerprint density at radius 3 is 2.57 bits per heavy atom. The molecule has 1 N–H and O–H groups in total. The number of aromatic nitrogens is 6. The van der Waals surface area contributed by atoms with Crippen LogP contribution in [0.1, 0.15) is 5.82 Å². The van der Waals surface area contributed by atoms with E-state index in [0.29, 0.717) is 17.3 Å². The minimum Gasteiger partial charge on any atom is -0.435 e. The van der Waals surface area contributed by atoms with E-state index in [2.05, 4.69) is 30.2 Å². The third-order valence-electron chi connectivity index (χ3n) is 4.38. The molecule has 0 aliphatic rings. The van der Waals surface area contributed by atoms with Crippen LogP contribution < -0.4 is 10.1 Å². The van der Waals surface area contributed by atoms with Crippen molar-refractivity contribution in [2.45, 2.75) is 13.5 Å². The normalized spacial score (nSPS) is 11.4.